The molecule has 0 saturated carbocycles. The monoisotopic (exact) mass is 728 g/mol. The van der Waals surface area contributed by atoms with Crippen LogP contribution < -0.4 is 4.90 Å². The minimum Gasteiger partial charge on any atom is -0.456 e. The predicted molar refractivity (Wildman–Crippen MR) is 239 cm³/mol. The van der Waals surface area contributed by atoms with Crippen molar-refractivity contribution in [2.45, 2.75) is 0 Å². The van der Waals surface area contributed by atoms with Gasteiger partial charge in [-0.05, 0) is 106 Å². The van der Waals surface area contributed by atoms with E-state index < -0.39 is 0 Å². The molecular weight excluding hydrogens is 693 g/mol. The zero-order valence-electron chi connectivity index (χ0n) is 31.1. The van der Waals surface area contributed by atoms with Gasteiger partial charge in [-0.2, -0.15) is 0 Å². The number of benzene rings is 9. The Morgan fingerprint density at radius 1 is 0.298 bits per heavy atom. The third-order valence-corrected chi connectivity index (χ3v) is 11.2. The summed E-state index contributed by atoms with van der Waals surface area (Å²) >= 11 is 0. The van der Waals surface area contributed by atoms with Crippen molar-refractivity contribution >= 4 is 60.8 Å². The Kier molecular flexibility index (Phi) is 7.82. The molecule has 0 bridgehead atoms. The molecule has 2 heterocycles. The van der Waals surface area contributed by atoms with Crippen LogP contribution in [0, 0.1) is 0 Å². The molecule has 0 unspecified atom stereocenters. The highest BCUT2D eigenvalue weighted by atomic mass is 16.3. The maximum atomic E-state index is 6.18. The Labute approximate surface area is 330 Å². The van der Waals surface area contributed by atoms with Gasteiger partial charge in [-0.1, -0.05) is 146 Å². The van der Waals surface area contributed by atoms with Gasteiger partial charge >= 0.3 is 0 Å². The van der Waals surface area contributed by atoms with Gasteiger partial charge in [0.05, 0.1) is 11.0 Å². The first-order chi connectivity index (χ1) is 28.2. The lowest BCUT2D eigenvalue weighted by molar-refractivity contribution is 0.669. The third-order valence-electron chi connectivity index (χ3n) is 11.2. The normalized spacial score (nSPS) is 11.5. The molecule has 0 atom stereocenters. The van der Waals surface area contributed by atoms with Crippen LogP contribution in [0.15, 0.2) is 223 Å². The van der Waals surface area contributed by atoms with Crippen molar-refractivity contribution in [3.63, 3.8) is 0 Å². The van der Waals surface area contributed by atoms with E-state index in [1.807, 2.05) is 12.1 Å². The van der Waals surface area contributed by atoms with Gasteiger partial charge < -0.3 is 13.9 Å². The van der Waals surface area contributed by atoms with Gasteiger partial charge in [0, 0.05) is 44.3 Å². The highest BCUT2D eigenvalue weighted by molar-refractivity contribution is 6.09. The summed E-state index contributed by atoms with van der Waals surface area (Å²) < 4.78 is 8.56. The van der Waals surface area contributed by atoms with E-state index in [4.69, 9.17) is 4.42 Å². The Bertz CT molecular complexity index is 3160. The molecular formula is C54H36N2O. The standard InChI is InChI=1S/C54H36N2O/c1-2-11-37(12-3-1)39-25-30-43(31-26-39)55(45-13-10-14-46(36-45)56-51-18-7-4-15-47(51)48-16-5-8-19-52(48)56)44-32-27-40(28-33-44)38-21-23-41(24-22-38)42-29-34-50-49-17-6-9-20-53(49)57-54(50)35-42/h1-36H. The molecule has 11 aromatic rings. The first kappa shape index (κ1) is 32.8. The number of furan rings is 1. The van der Waals surface area contributed by atoms with Crippen LogP contribution in [0.2, 0.25) is 0 Å². The van der Waals surface area contributed by atoms with Crippen LogP contribution in [-0.4, -0.2) is 4.57 Å². The molecule has 3 heteroatoms. The molecule has 57 heavy (non-hydrogen) atoms. The van der Waals surface area contributed by atoms with Gasteiger partial charge in [-0.3, -0.25) is 0 Å². The highest BCUT2D eigenvalue weighted by Crippen LogP contribution is 2.40. The summed E-state index contributed by atoms with van der Waals surface area (Å²) in [5.74, 6) is 0. The minimum atomic E-state index is 0.910. The molecule has 0 aliphatic rings. The number of anilines is 3. The highest BCUT2D eigenvalue weighted by Gasteiger charge is 2.17. The van der Waals surface area contributed by atoms with Crippen molar-refractivity contribution < 1.29 is 4.42 Å². The van der Waals surface area contributed by atoms with E-state index in [2.05, 4.69) is 216 Å². The fourth-order valence-corrected chi connectivity index (χ4v) is 8.42. The number of nitrogens with zero attached hydrogens (tertiary/aromatic N) is 2. The van der Waals surface area contributed by atoms with E-state index in [0.29, 0.717) is 0 Å². The second kappa shape index (κ2) is 13.6. The smallest absolute Gasteiger partial charge is 0.136 e. The summed E-state index contributed by atoms with van der Waals surface area (Å²) in [6.45, 7) is 0. The van der Waals surface area contributed by atoms with E-state index >= 15 is 0 Å². The van der Waals surface area contributed by atoms with Crippen molar-refractivity contribution in [2.24, 2.45) is 0 Å². The number of aromatic nitrogens is 1. The van der Waals surface area contributed by atoms with Crippen LogP contribution in [0.25, 0.3) is 82.8 Å². The summed E-state index contributed by atoms with van der Waals surface area (Å²) in [6.07, 6.45) is 0. The fourth-order valence-electron chi connectivity index (χ4n) is 8.42. The number of para-hydroxylation sites is 3. The summed E-state index contributed by atoms with van der Waals surface area (Å²) in [5, 5.41) is 4.80. The number of hydrogen-bond donors (Lipinski definition) is 0. The summed E-state index contributed by atoms with van der Waals surface area (Å²) in [4.78, 5) is 2.35. The molecule has 11 rings (SSSR count). The van der Waals surface area contributed by atoms with E-state index in [9.17, 15) is 0 Å². The summed E-state index contributed by atoms with van der Waals surface area (Å²) in [5.41, 5.74) is 15.6. The second-order valence-electron chi connectivity index (χ2n) is 14.6. The van der Waals surface area contributed by atoms with E-state index in [-0.39, 0.29) is 0 Å². The van der Waals surface area contributed by atoms with E-state index in [1.165, 1.54) is 38.5 Å². The number of rotatable bonds is 7. The Balaban J connectivity index is 0.959. The molecule has 0 aliphatic heterocycles. The molecule has 2 aromatic heterocycles. The van der Waals surface area contributed by atoms with Gasteiger partial charge in [0.15, 0.2) is 0 Å². The Morgan fingerprint density at radius 2 is 0.772 bits per heavy atom. The van der Waals surface area contributed by atoms with Crippen LogP contribution in [0.4, 0.5) is 17.1 Å². The third kappa shape index (κ3) is 5.76. The molecule has 3 nitrogen and oxygen atoms in total. The molecule has 0 aliphatic carbocycles. The Morgan fingerprint density at radius 3 is 1.40 bits per heavy atom. The largest absolute Gasteiger partial charge is 0.456 e. The maximum absolute atomic E-state index is 6.18. The lowest BCUT2D eigenvalue weighted by Gasteiger charge is -2.26. The molecule has 0 fully saturated rings. The lowest BCUT2D eigenvalue weighted by Crippen LogP contribution is -2.10. The van der Waals surface area contributed by atoms with Crippen LogP contribution in [-0.2, 0) is 0 Å². The van der Waals surface area contributed by atoms with Gasteiger partial charge in [-0.25, -0.2) is 0 Å². The molecule has 0 amide bonds. The number of hydrogen-bond acceptors (Lipinski definition) is 2. The van der Waals surface area contributed by atoms with Gasteiger partial charge in [0.2, 0.25) is 0 Å². The molecule has 9 aromatic carbocycles. The van der Waals surface area contributed by atoms with Gasteiger partial charge in [0.1, 0.15) is 11.2 Å². The van der Waals surface area contributed by atoms with Gasteiger partial charge in [-0.15, -0.1) is 0 Å². The number of fused-ring (bicyclic) bond motifs is 6. The summed E-state index contributed by atoms with van der Waals surface area (Å²) in [7, 11) is 0. The fraction of sp³-hybridized carbons (Fsp3) is 0. The van der Waals surface area contributed by atoms with Crippen molar-refractivity contribution in [1.82, 2.24) is 4.57 Å². The molecule has 0 saturated heterocycles. The molecule has 268 valence electrons. The maximum Gasteiger partial charge on any atom is 0.136 e. The van der Waals surface area contributed by atoms with E-state index in [1.54, 1.807) is 0 Å². The summed E-state index contributed by atoms with van der Waals surface area (Å²) in [6, 6.07) is 78.2. The van der Waals surface area contributed by atoms with Crippen molar-refractivity contribution in [2.75, 3.05) is 4.90 Å². The van der Waals surface area contributed by atoms with Crippen molar-refractivity contribution in [3.05, 3.63) is 218 Å². The van der Waals surface area contributed by atoms with Crippen LogP contribution in [0.3, 0.4) is 0 Å². The topological polar surface area (TPSA) is 21.3 Å². The molecule has 0 N–H and O–H groups in total. The lowest BCUT2D eigenvalue weighted by atomic mass is 9.99. The van der Waals surface area contributed by atoms with Crippen molar-refractivity contribution in [3.8, 4) is 39.1 Å². The quantitative estimate of drug-likeness (QED) is 0.163. The molecule has 0 radical (unpaired) electrons. The average Bonchev–Trinajstić information content (AvgIpc) is 3.83. The Hall–Kier alpha value is -7.62. The van der Waals surface area contributed by atoms with Crippen LogP contribution in [0.1, 0.15) is 0 Å². The van der Waals surface area contributed by atoms with Crippen molar-refractivity contribution in [1.29, 1.82) is 0 Å². The average molecular weight is 729 g/mol. The van der Waals surface area contributed by atoms with E-state index in [0.717, 1.165) is 61.4 Å². The van der Waals surface area contributed by atoms with Crippen LogP contribution in [0.5, 0.6) is 0 Å². The zero-order valence-corrected chi connectivity index (χ0v) is 31.1. The second-order valence-corrected chi connectivity index (χ2v) is 14.6. The zero-order chi connectivity index (χ0) is 37.7. The minimum absolute atomic E-state index is 0.910. The first-order valence-corrected chi connectivity index (χ1v) is 19.4. The molecule has 0 spiro atoms. The first-order valence-electron chi connectivity index (χ1n) is 19.4. The van der Waals surface area contributed by atoms with Gasteiger partial charge in [0.25, 0.3) is 0 Å². The van der Waals surface area contributed by atoms with Crippen LogP contribution >= 0.6 is 0 Å². The predicted octanol–water partition coefficient (Wildman–Crippen LogP) is 15.2. The SMILES string of the molecule is c1ccc(-c2ccc(N(c3ccc(-c4ccc(-c5ccc6c(c5)oc5ccccc56)cc4)cc3)c3cccc(-n4c5ccccc5c5ccccc54)c3)cc2)cc1.